The van der Waals surface area contributed by atoms with Crippen LogP contribution in [0.3, 0.4) is 0 Å². The highest BCUT2D eigenvalue weighted by Gasteiger charge is 2.54. The first kappa shape index (κ1) is 37.2. The summed E-state index contributed by atoms with van der Waals surface area (Å²) in [5, 5.41) is 68.4. The number of nitrogens with one attached hydrogen (secondary N) is 2. The largest absolute Gasteiger partial charge is 0.394 e. The van der Waals surface area contributed by atoms with Crippen molar-refractivity contribution in [3.8, 4) is 0 Å². The Balaban J connectivity index is 1.95. The molecule has 15 unspecified atom stereocenters. The summed E-state index contributed by atoms with van der Waals surface area (Å²) in [5.41, 5.74) is 28.8. The molecule has 44 heavy (non-hydrogen) atoms. The van der Waals surface area contributed by atoms with Gasteiger partial charge in [-0.15, -0.1) is 0 Å². The molecule has 1 aliphatic carbocycles. The zero-order valence-electron chi connectivity index (χ0n) is 24.3. The number of aliphatic hydroxyl groups is 6. The van der Waals surface area contributed by atoms with E-state index in [0.717, 1.165) is 0 Å². The van der Waals surface area contributed by atoms with Crippen LogP contribution in [0.4, 0.5) is 8.78 Å². The Morgan fingerprint density at radius 1 is 1.00 bits per heavy atom. The summed E-state index contributed by atoms with van der Waals surface area (Å²) < 4.78 is 45.7. The van der Waals surface area contributed by atoms with Gasteiger partial charge in [-0.2, -0.15) is 0 Å². The average Bonchev–Trinajstić information content (AvgIpc) is 2.99. The number of halogens is 2. The van der Waals surface area contributed by atoms with E-state index < -0.39 is 116 Å². The summed E-state index contributed by atoms with van der Waals surface area (Å²) in [4.78, 5) is 12.7. The SMILES string of the molecule is NCCCNC1CC(O)C(CN)OC1C1C(N)CC(NC(=O)C(O)C(F)(F)CN)C(OC2OC(CO)C(O)C(N)C2O)C1O. The Morgan fingerprint density at radius 3 is 2.27 bits per heavy atom. The number of rotatable bonds is 13. The Bertz CT molecular complexity index is 917. The Morgan fingerprint density at radius 2 is 1.68 bits per heavy atom. The lowest BCUT2D eigenvalue weighted by Crippen LogP contribution is -2.70. The summed E-state index contributed by atoms with van der Waals surface area (Å²) in [5.74, 6) is -6.48. The number of carbonyl (C=O) groups excluding carboxylic acids is 1. The number of alkyl halides is 2. The number of hydrogen-bond acceptors (Lipinski definition) is 16. The lowest BCUT2D eigenvalue weighted by Gasteiger charge is -2.52. The highest BCUT2D eigenvalue weighted by molar-refractivity contribution is 5.82. The molecule has 0 spiro atoms. The summed E-state index contributed by atoms with van der Waals surface area (Å²) in [6.07, 6.45) is -14.2. The molecular formula is C25H49F2N7O10. The van der Waals surface area contributed by atoms with Crippen LogP contribution in [0.15, 0.2) is 0 Å². The van der Waals surface area contributed by atoms with E-state index in [0.29, 0.717) is 19.5 Å². The third kappa shape index (κ3) is 8.17. The van der Waals surface area contributed by atoms with Crippen molar-refractivity contribution in [3.05, 3.63) is 0 Å². The van der Waals surface area contributed by atoms with Gasteiger partial charge in [0.25, 0.3) is 11.8 Å². The van der Waals surface area contributed by atoms with Gasteiger partial charge in [-0.25, -0.2) is 8.78 Å². The molecule has 1 saturated carbocycles. The highest BCUT2D eigenvalue weighted by Crippen LogP contribution is 2.37. The van der Waals surface area contributed by atoms with Gasteiger partial charge in [-0.1, -0.05) is 0 Å². The number of carbonyl (C=O) groups is 1. The van der Waals surface area contributed by atoms with Crippen LogP contribution in [-0.4, -0.2) is 161 Å². The number of hydrogen-bond donors (Lipinski definition) is 13. The molecule has 3 aliphatic rings. The van der Waals surface area contributed by atoms with Crippen molar-refractivity contribution in [3.63, 3.8) is 0 Å². The zero-order valence-corrected chi connectivity index (χ0v) is 24.3. The first-order valence-corrected chi connectivity index (χ1v) is 14.7. The van der Waals surface area contributed by atoms with Crippen LogP contribution in [0.1, 0.15) is 19.3 Å². The molecule has 3 rings (SSSR count). The van der Waals surface area contributed by atoms with Gasteiger partial charge in [0.1, 0.15) is 24.4 Å². The van der Waals surface area contributed by atoms with Crippen molar-refractivity contribution >= 4 is 5.91 Å². The first-order chi connectivity index (χ1) is 20.7. The Hall–Kier alpha value is -1.27. The first-order valence-electron chi connectivity index (χ1n) is 14.7. The van der Waals surface area contributed by atoms with Crippen molar-refractivity contribution in [2.24, 2.45) is 34.6 Å². The molecule has 15 atom stereocenters. The predicted molar refractivity (Wildman–Crippen MR) is 148 cm³/mol. The Labute approximate surface area is 253 Å². The number of ether oxygens (including phenoxy) is 3. The van der Waals surface area contributed by atoms with E-state index in [1.807, 2.05) is 0 Å². The number of aliphatic hydroxyl groups excluding tert-OH is 6. The maximum atomic E-state index is 14.0. The molecule has 0 radical (unpaired) electrons. The van der Waals surface area contributed by atoms with Crippen molar-refractivity contribution in [2.75, 3.05) is 32.8 Å². The lowest BCUT2D eigenvalue weighted by molar-refractivity contribution is -0.307. The molecule has 0 aromatic rings. The second-order valence-electron chi connectivity index (χ2n) is 11.7. The van der Waals surface area contributed by atoms with Crippen molar-refractivity contribution in [1.29, 1.82) is 0 Å². The molecule has 17 nitrogen and oxygen atoms in total. The molecule has 1 amide bonds. The van der Waals surface area contributed by atoms with E-state index in [-0.39, 0.29) is 19.4 Å². The van der Waals surface area contributed by atoms with Crippen LogP contribution >= 0.6 is 0 Å². The minimum absolute atomic E-state index is 0.0536. The lowest BCUT2D eigenvalue weighted by atomic mass is 9.71. The molecule has 0 aromatic carbocycles. The second kappa shape index (κ2) is 16.0. The Kier molecular flexibility index (Phi) is 13.5. The van der Waals surface area contributed by atoms with E-state index in [1.165, 1.54) is 0 Å². The molecule has 258 valence electrons. The van der Waals surface area contributed by atoms with Crippen LogP contribution in [0.2, 0.25) is 0 Å². The third-order valence-corrected chi connectivity index (χ3v) is 8.68. The van der Waals surface area contributed by atoms with Gasteiger partial charge in [-0.3, -0.25) is 4.79 Å². The summed E-state index contributed by atoms with van der Waals surface area (Å²) in [6.45, 7) is -1.27. The molecule has 0 aromatic heterocycles. The molecule has 2 aliphatic heterocycles. The minimum atomic E-state index is -3.98. The summed E-state index contributed by atoms with van der Waals surface area (Å²) in [7, 11) is 0. The average molecular weight is 646 g/mol. The molecular weight excluding hydrogens is 596 g/mol. The van der Waals surface area contributed by atoms with Gasteiger partial charge in [0.15, 0.2) is 12.4 Å². The number of amides is 1. The number of nitrogens with two attached hydrogens (primary N) is 5. The standard InChI is InChI=1S/C25H49F2N7O10/c26-25(27,8-30)22(40)23(41)34-11-4-9(31)15(20-10(33-3-1-2-28)5-12(36)13(6-29)42-20)18(38)21(11)44-24-19(39)16(32)17(37)14(7-35)43-24/h9-22,24,33,35-40H,1-8,28-32H2,(H,34,41). The topological polar surface area (TPSA) is 320 Å². The van der Waals surface area contributed by atoms with Crippen molar-refractivity contribution in [1.82, 2.24) is 10.6 Å². The van der Waals surface area contributed by atoms with Gasteiger partial charge in [0, 0.05) is 24.5 Å². The van der Waals surface area contributed by atoms with Crippen molar-refractivity contribution in [2.45, 2.75) is 111 Å². The van der Waals surface area contributed by atoms with E-state index in [2.05, 4.69) is 10.6 Å². The van der Waals surface area contributed by atoms with E-state index in [9.17, 15) is 44.2 Å². The third-order valence-electron chi connectivity index (χ3n) is 8.68. The molecule has 3 fully saturated rings. The normalized spacial score (nSPS) is 42.6. The molecule has 18 N–H and O–H groups in total. The van der Waals surface area contributed by atoms with Crippen molar-refractivity contribution < 1.29 is 58.4 Å². The van der Waals surface area contributed by atoms with Crippen LogP contribution < -0.4 is 39.3 Å². The predicted octanol–water partition coefficient (Wildman–Crippen LogP) is -6.93. The second-order valence-corrected chi connectivity index (χ2v) is 11.7. The zero-order chi connectivity index (χ0) is 32.9. The molecule has 19 heteroatoms. The quantitative estimate of drug-likeness (QED) is 0.0827. The fraction of sp³-hybridized carbons (Fsp3) is 0.960. The van der Waals surface area contributed by atoms with E-state index >= 15 is 0 Å². The van der Waals surface area contributed by atoms with Gasteiger partial charge in [-0.05, 0) is 32.4 Å². The minimum Gasteiger partial charge on any atom is -0.394 e. The fourth-order valence-electron chi connectivity index (χ4n) is 6.09. The van der Waals surface area contributed by atoms with Gasteiger partial charge < -0.3 is 84.2 Å². The summed E-state index contributed by atoms with van der Waals surface area (Å²) in [6, 6.07) is -4.21. The van der Waals surface area contributed by atoms with Crippen LogP contribution in [0, 0.1) is 5.92 Å². The fourth-order valence-corrected chi connectivity index (χ4v) is 6.09. The van der Waals surface area contributed by atoms with Gasteiger partial charge in [0.05, 0.1) is 49.7 Å². The maximum Gasteiger partial charge on any atom is 0.294 e. The summed E-state index contributed by atoms with van der Waals surface area (Å²) >= 11 is 0. The van der Waals surface area contributed by atoms with Crippen LogP contribution in [-0.2, 0) is 19.0 Å². The molecule has 2 heterocycles. The monoisotopic (exact) mass is 645 g/mol. The molecule has 0 bridgehead atoms. The maximum absolute atomic E-state index is 14.0. The van der Waals surface area contributed by atoms with Gasteiger partial charge >= 0.3 is 0 Å². The van der Waals surface area contributed by atoms with Gasteiger partial charge in [0.2, 0.25) is 0 Å². The van der Waals surface area contributed by atoms with Crippen LogP contribution in [0.25, 0.3) is 0 Å². The van der Waals surface area contributed by atoms with Crippen LogP contribution in [0.5, 0.6) is 0 Å². The van der Waals surface area contributed by atoms with E-state index in [4.69, 9.17) is 42.9 Å². The highest BCUT2D eigenvalue weighted by atomic mass is 19.3. The van der Waals surface area contributed by atoms with E-state index in [1.54, 1.807) is 0 Å². The molecule has 2 saturated heterocycles. The smallest absolute Gasteiger partial charge is 0.294 e.